The van der Waals surface area contributed by atoms with Crippen molar-refractivity contribution in [3.05, 3.63) is 34.4 Å². The minimum absolute atomic E-state index is 0.0524. The van der Waals surface area contributed by atoms with Crippen molar-refractivity contribution in [2.45, 2.75) is 98.2 Å². The lowest BCUT2D eigenvalue weighted by molar-refractivity contribution is -0.251. The number of fused-ring (bicyclic) bond motifs is 4. The van der Waals surface area contributed by atoms with Gasteiger partial charge in [-0.25, -0.2) is 4.79 Å². The number of carbonyl (C=O) groups is 4. The minimum Gasteiger partial charge on any atom is -0.469 e. The van der Waals surface area contributed by atoms with Crippen LogP contribution in [-0.2, 0) is 42.9 Å². The van der Waals surface area contributed by atoms with Gasteiger partial charge in [-0.15, -0.1) is 0 Å². The highest BCUT2D eigenvalue weighted by atomic mass is 16.6. The van der Waals surface area contributed by atoms with Crippen molar-refractivity contribution in [1.82, 2.24) is 5.32 Å². The number of methoxy groups -OCH3 is 1. The summed E-state index contributed by atoms with van der Waals surface area (Å²) in [4.78, 5) is 51.8. The lowest BCUT2D eigenvalue weighted by Gasteiger charge is -2.65. The average Bonchev–Trinajstić information content (AvgIpc) is 3.71. The van der Waals surface area contributed by atoms with Gasteiger partial charge in [0, 0.05) is 65.5 Å². The highest BCUT2D eigenvalue weighted by molar-refractivity contribution is 5.97. The van der Waals surface area contributed by atoms with Crippen molar-refractivity contribution in [2.24, 2.45) is 34.0 Å². The van der Waals surface area contributed by atoms with Crippen LogP contribution in [0.1, 0.15) is 67.7 Å². The van der Waals surface area contributed by atoms with Crippen LogP contribution in [0, 0.1) is 34.0 Å². The molecule has 11 unspecified atom stereocenters. The van der Waals surface area contributed by atoms with Gasteiger partial charge in [0.15, 0.2) is 0 Å². The quantitative estimate of drug-likeness (QED) is 0.208. The molecular weight excluding hydrogens is 566 g/mol. The first-order valence-corrected chi connectivity index (χ1v) is 15.8. The Hall–Kier alpha value is -2.98. The first-order chi connectivity index (χ1) is 20.7. The molecule has 3 aliphatic heterocycles. The number of esters is 3. The number of amides is 1. The number of nitrogens with one attached hydrogen (secondary N) is 1. The second kappa shape index (κ2) is 10.5. The van der Waals surface area contributed by atoms with Crippen LogP contribution in [0.4, 0.5) is 0 Å². The lowest BCUT2D eigenvalue weighted by Crippen LogP contribution is -2.71. The maximum Gasteiger partial charge on any atom is 0.333 e. The number of ether oxygens (including phenoxy) is 5. The third-order valence-electron chi connectivity index (χ3n) is 12.3. The van der Waals surface area contributed by atoms with E-state index in [2.05, 4.69) is 33.0 Å². The summed E-state index contributed by atoms with van der Waals surface area (Å²) in [7, 11) is 1.39. The fourth-order valence-corrected chi connectivity index (χ4v) is 10.3. The summed E-state index contributed by atoms with van der Waals surface area (Å²) in [5.74, 6) is -1.99. The van der Waals surface area contributed by atoms with E-state index in [0.717, 1.165) is 16.7 Å². The second-order valence-electron chi connectivity index (χ2n) is 14.2. The molecule has 1 N–H and O–H groups in total. The third-order valence-corrected chi connectivity index (χ3v) is 12.3. The number of carbonyl (C=O) groups excluding carboxylic acids is 4. The Kier molecular flexibility index (Phi) is 7.43. The van der Waals surface area contributed by atoms with E-state index in [-0.39, 0.29) is 48.6 Å². The summed E-state index contributed by atoms with van der Waals surface area (Å²) < 4.78 is 31.3. The van der Waals surface area contributed by atoms with Crippen LogP contribution in [0.5, 0.6) is 0 Å². The SMILES string of the molecule is CC=C(C)C(=O)OC1CC(OC(C)=O)C2(C)COC3C4OC5CC(C6=CCNC6=O)C(C)=C5C4(C)C(CC(=O)OC)C1(C)C32. The van der Waals surface area contributed by atoms with Gasteiger partial charge in [0.25, 0.3) is 0 Å². The Morgan fingerprint density at radius 2 is 1.84 bits per heavy atom. The normalized spacial score (nSPS) is 44.0. The number of hydrogen-bond acceptors (Lipinski definition) is 9. The van der Waals surface area contributed by atoms with Gasteiger partial charge >= 0.3 is 17.9 Å². The first kappa shape index (κ1) is 31.0. The van der Waals surface area contributed by atoms with Crippen molar-refractivity contribution in [2.75, 3.05) is 20.3 Å². The zero-order valence-electron chi connectivity index (χ0n) is 27.0. The molecule has 3 heterocycles. The maximum atomic E-state index is 13.4. The highest BCUT2D eigenvalue weighted by Gasteiger charge is 2.78. The predicted molar refractivity (Wildman–Crippen MR) is 158 cm³/mol. The van der Waals surface area contributed by atoms with Crippen LogP contribution >= 0.6 is 0 Å². The molecule has 0 aromatic carbocycles. The molecule has 10 nitrogen and oxygen atoms in total. The Labute approximate surface area is 258 Å². The van der Waals surface area contributed by atoms with E-state index in [4.69, 9.17) is 23.7 Å². The highest BCUT2D eigenvalue weighted by Crippen LogP contribution is 2.73. The van der Waals surface area contributed by atoms with Crippen LogP contribution in [0.25, 0.3) is 0 Å². The summed E-state index contributed by atoms with van der Waals surface area (Å²) in [6, 6.07) is 0. The molecule has 0 bridgehead atoms. The van der Waals surface area contributed by atoms with E-state index >= 15 is 0 Å². The molecule has 2 saturated carbocycles. The topological polar surface area (TPSA) is 126 Å². The molecule has 1 amide bonds. The number of allylic oxidation sites excluding steroid dienone is 2. The van der Waals surface area contributed by atoms with Crippen molar-refractivity contribution >= 4 is 23.8 Å². The monoisotopic (exact) mass is 611 g/mol. The largest absolute Gasteiger partial charge is 0.469 e. The number of rotatable bonds is 6. The Morgan fingerprint density at radius 1 is 1.11 bits per heavy atom. The van der Waals surface area contributed by atoms with Gasteiger partial charge < -0.3 is 29.0 Å². The molecule has 10 heteroatoms. The minimum atomic E-state index is -0.788. The molecule has 240 valence electrons. The van der Waals surface area contributed by atoms with Crippen LogP contribution < -0.4 is 5.32 Å². The Balaban J connectivity index is 1.54. The molecule has 3 aliphatic carbocycles. The molecule has 2 saturated heterocycles. The van der Waals surface area contributed by atoms with E-state index in [1.54, 1.807) is 19.9 Å². The summed E-state index contributed by atoms with van der Waals surface area (Å²) in [6.07, 6.45) is 2.36. The first-order valence-electron chi connectivity index (χ1n) is 15.8. The van der Waals surface area contributed by atoms with E-state index in [1.807, 2.05) is 6.08 Å². The van der Waals surface area contributed by atoms with Crippen LogP contribution in [0.2, 0.25) is 0 Å². The molecule has 0 radical (unpaired) electrons. The lowest BCUT2D eigenvalue weighted by atomic mass is 9.40. The van der Waals surface area contributed by atoms with Gasteiger partial charge in [-0.2, -0.15) is 0 Å². The van der Waals surface area contributed by atoms with Gasteiger partial charge in [0.2, 0.25) is 5.91 Å². The smallest absolute Gasteiger partial charge is 0.333 e. The van der Waals surface area contributed by atoms with Gasteiger partial charge in [0.05, 0.1) is 32.0 Å². The van der Waals surface area contributed by atoms with Crippen molar-refractivity contribution < 1.29 is 42.9 Å². The molecule has 11 atom stereocenters. The standard InChI is InChI=1S/C34H45NO9/c1-9-16(2)31(39)44-24-14-23(42-18(4)36)32(5)15-41-27-28(32)33(24,6)22(13-25(37)40-8)34(7)26-17(3)20(12-21(26)43-29(27)34)19-10-11-35-30(19)38/h9-10,20-24,27-29H,11-15H2,1-8H3,(H,35,38). The Morgan fingerprint density at radius 3 is 2.45 bits per heavy atom. The van der Waals surface area contributed by atoms with E-state index in [9.17, 15) is 19.2 Å². The number of hydrogen-bond donors (Lipinski definition) is 1. The molecule has 0 aromatic rings. The van der Waals surface area contributed by atoms with Gasteiger partial charge in [0.1, 0.15) is 12.2 Å². The van der Waals surface area contributed by atoms with E-state index < -0.39 is 52.6 Å². The molecular formula is C34H45NO9. The van der Waals surface area contributed by atoms with Crippen molar-refractivity contribution in [1.29, 1.82) is 0 Å². The fourth-order valence-electron chi connectivity index (χ4n) is 10.3. The van der Waals surface area contributed by atoms with Crippen molar-refractivity contribution in [3.8, 4) is 0 Å². The third kappa shape index (κ3) is 4.12. The zero-order chi connectivity index (χ0) is 31.9. The molecule has 6 rings (SSSR count). The summed E-state index contributed by atoms with van der Waals surface area (Å²) in [5.41, 5.74) is 1.34. The summed E-state index contributed by atoms with van der Waals surface area (Å²) in [5, 5.41) is 2.90. The zero-order valence-corrected chi connectivity index (χ0v) is 27.0. The molecule has 0 aromatic heterocycles. The summed E-state index contributed by atoms with van der Waals surface area (Å²) >= 11 is 0. The van der Waals surface area contributed by atoms with Crippen LogP contribution in [0.15, 0.2) is 34.4 Å². The van der Waals surface area contributed by atoms with E-state index in [0.29, 0.717) is 25.1 Å². The predicted octanol–water partition coefficient (Wildman–Crippen LogP) is 3.59. The molecule has 0 spiro atoms. The van der Waals surface area contributed by atoms with Crippen LogP contribution in [-0.4, -0.2) is 74.6 Å². The fraction of sp³-hybridized carbons (Fsp3) is 0.706. The molecule has 4 fully saturated rings. The molecule has 44 heavy (non-hydrogen) atoms. The second-order valence-corrected chi connectivity index (χ2v) is 14.2. The average molecular weight is 612 g/mol. The maximum absolute atomic E-state index is 13.4. The van der Waals surface area contributed by atoms with Gasteiger partial charge in [-0.05, 0) is 38.7 Å². The summed E-state index contributed by atoms with van der Waals surface area (Å²) in [6.45, 7) is 14.2. The van der Waals surface area contributed by atoms with Crippen molar-refractivity contribution in [3.63, 3.8) is 0 Å². The Bertz CT molecular complexity index is 1400. The van der Waals surface area contributed by atoms with Crippen LogP contribution in [0.3, 0.4) is 0 Å². The molecule has 6 aliphatic rings. The van der Waals surface area contributed by atoms with E-state index in [1.165, 1.54) is 14.0 Å². The van der Waals surface area contributed by atoms with Gasteiger partial charge in [-0.1, -0.05) is 38.5 Å². The van der Waals surface area contributed by atoms with Gasteiger partial charge in [-0.3, -0.25) is 14.4 Å².